The van der Waals surface area contributed by atoms with E-state index in [0.717, 1.165) is 24.4 Å². The van der Waals surface area contributed by atoms with Crippen LogP contribution in [0.4, 0.5) is 0 Å². The van der Waals surface area contributed by atoms with Crippen molar-refractivity contribution in [2.75, 3.05) is 18.6 Å². The predicted octanol–water partition coefficient (Wildman–Crippen LogP) is 1.41. The summed E-state index contributed by atoms with van der Waals surface area (Å²) in [4.78, 5) is 16.0. The van der Waals surface area contributed by atoms with Crippen LogP contribution in [0.25, 0.3) is 0 Å². The van der Waals surface area contributed by atoms with Crippen LogP contribution in [-0.4, -0.2) is 39.6 Å². The zero-order valence-electron chi connectivity index (χ0n) is 10.2. The van der Waals surface area contributed by atoms with E-state index < -0.39 is 0 Å². The molecule has 0 spiro atoms. The summed E-state index contributed by atoms with van der Waals surface area (Å²) in [6, 6.07) is 0. The van der Waals surface area contributed by atoms with Crippen molar-refractivity contribution in [3.8, 4) is 0 Å². The zero-order chi connectivity index (χ0) is 12.3. The van der Waals surface area contributed by atoms with E-state index in [4.69, 9.17) is 0 Å². The van der Waals surface area contributed by atoms with Gasteiger partial charge in [0.05, 0.1) is 0 Å². The first kappa shape index (κ1) is 12.4. The summed E-state index contributed by atoms with van der Waals surface area (Å²) in [7, 11) is 0. The first-order chi connectivity index (χ1) is 8.20. The van der Waals surface area contributed by atoms with Crippen molar-refractivity contribution in [2.45, 2.75) is 25.7 Å². The molecule has 1 aliphatic carbocycles. The maximum atomic E-state index is 11.7. The van der Waals surface area contributed by atoms with Gasteiger partial charge in [-0.2, -0.15) is 11.8 Å². The number of hydrogen-bond acceptors (Lipinski definition) is 4. The molecule has 2 N–H and O–H groups in total. The van der Waals surface area contributed by atoms with Gasteiger partial charge in [0.25, 0.3) is 5.91 Å². The summed E-state index contributed by atoms with van der Waals surface area (Å²) in [5, 5.41) is 9.64. The van der Waals surface area contributed by atoms with Gasteiger partial charge in [0, 0.05) is 12.5 Å². The Morgan fingerprint density at radius 2 is 2.41 bits per heavy atom. The summed E-state index contributed by atoms with van der Waals surface area (Å²) in [6.45, 7) is 2.79. The van der Waals surface area contributed by atoms with E-state index in [9.17, 15) is 4.79 Å². The Morgan fingerprint density at radius 3 is 3.06 bits per heavy atom. The molecule has 0 radical (unpaired) electrons. The number of thioether (sulfide) groups is 1. The van der Waals surface area contributed by atoms with Crippen LogP contribution in [0.3, 0.4) is 0 Å². The van der Waals surface area contributed by atoms with E-state index in [-0.39, 0.29) is 11.7 Å². The number of amides is 1. The lowest BCUT2D eigenvalue weighted by Gasteiger charge is -2.09. The molecule has 0 bridgehead atoms. The Balaban J connectivity index is 1.81. The molecule has 94 valence electrons. The normalized spacial score (nSPS) is 16.8. The number of H-pyrrole nitrogens is 1. The standard InChI is InChI=1S/C11H18N4OS/c1-7(6-17-2)5-12-11(16)10-13-9(14-15-10)8-3-4-8/h7-8H,3-6H2,1-2H3,(H,12,16)(H,13,14,15). The summed E-state index contributed by atoms with van der Waals surface area (Å²) in [5.41, 5.74) is 0. The first-order valence-corrected chi connectivity index (χ1v) is 7.29. The highest BCUT2D eigenvalue weighted by Crippen LogP contribution is 2.37. The molecule has 6 heteroatoms. The Morgan fingerprint density at radius 1 is 1.65 bits per heavy atom. The smallest absolute Gasteiger partial charge is 0.290 e. The number of aromatic nitrogens is 3. The maximum absolute atomic E-state index is 11.7. The van der Waals surface area contributed by atoms with Crippen LogP contribution in [-0.2, 0) is 0 Å². The summed E-state index contributed by atoms with van der Waals surface area (Å²) >= 11 is 1.78. The molecule has 1 aliphatic rings. The van der Waals surface area contributed by atoms with Crippen molar-refractivity contribution in [2.24, 2.45) is 5.92 Å². The van der Waals surface area contributed by atoms with Gasteiger partial charge in [0.1, 0.15) is 5.82 Å². The second kappa shape index (κ2) is 5.53. The van der Waals surface area contributed by atoms with Gasteiger partial charge in [0.15, 0.2) is 0 Å². The number of carbonyl (C=O) groups is 1. The Hall–Kier alpha value is -1.04. The topological polar surface area (TPSA) is 70.7 Å². The number of carbonyl (C=O) groups excluding carboxylic acids is 1. The van der Waals surface area contributed by atoms with Crippen molar-refractivity contribution in [3.05, 3.63) is 11.6 Å². The monoisotopic (exact) mass is 254 g/mol. The molecule has 1 aromatic heterocycles. The Bertz CT molecular complexity index is 389. The minimum atomic E-state index is -0.180. The fourth-order valence-electron chi connectivity index (χ4n) is 1.60. The molecule has 1 atom stereocenters. The van der Waals surface area contributed by atoms with Gasteiger partial charge >= 0.3 is 0 Å². The number of hydrogen-bond donors (Lipinski definition) is 2. The van der Waals surface area contributed by atoms with Gasteiger partial charge in [0.2, 0.25) is 5.82 Å². The van der Waals surface area contributed by atoms with Crippen LogP contribution in [0.5, 0.6) is 0 Å². The lowest BCUT2D eigenvalue weighted by atomic mass is 10.2. The van der Waals surface area contributed by atoms with Gasteiger partial charge in [-0.15, -0.1) is 5.10 Å². The van der Waals surface area contributed by atoms with E-state index in [1.165, 1.54) is 0 Å². The van der Waals surface area contributed by atoms with Crippen LogP contribution < -0.4 is 5.32 Å². The van der Waals surface area contributed by atoms with Crippen molar-refractivity contribution < 1.29 is 4.79 Å². The van der Waals surface area contributed by atoms with Crippen LogP contribution in [0.1, 0.15) is 42.1 Å². The van der Waals surface area contributed by atoms with E-state index in [2.05, 4.69) is 33.7 Å². The molecule has 17 heavy (non-hydrogen) atoms. The zero-order valence-corrected chi connectivity index (χ0v) is 11.0. The van der Waals surface area contributed by atoms with Gasteiger partial charge < -0.3 is 5.32 Å². The Kier molecular flexibility index (Phi) is 4.04. The van der Waals surface area contributed by atoms with Crippen LogP contribution >= 0.6 is 11.8 Å². The summed E-state index contributed by atoms with van der Waals surface area (Å²) in [6.07, 6.45) is 4.37. The molecule has 1 heterocycles. The fourth-order valence-corrected chi connectivity index (χ4v) is 2.29. The highest BCUT2D eigenvalue weighted by Gasteiger charge is 2.28. The Labute approximate surface area is 105 Å². The fraction of sp³-hybridized carbons (Fsp3) is 0.727. The van der Waals surface area contributed by atoms with Crippen molar-refractivity contribution >= 4 is 17.7 Å². The largest absolute Gasteiger partial charge is 0.349 e. The van der Waals surface area contributed by atoms with E-state index in [1.54, 1.807) is 11.8 Å². The number of aromatic amines is 1. The third-order valence-corrected chi connectivity index (χ3v) is 3.63. The summed E-state index contributed by atoms with van der Waals surface area (Å²) in [5.74, 6) is 2.95. The van der Waals surface area contributed by atoms with Crippen molar-refractivity contribution in [1.82, 2.24) is 20.5 Å². The second-order valence-electron chi connectivity index (χ2n) is 4.59. The molecular formula is C11H18N4OS. The maximum Gasteiger partial charge on any atom is 0.290 e. The molecule has 1 fully saturated rings. The van der Waals surface area contributed by atoms with Crippen LogP contribution in [0.2, 0.25) is 0 Å². The third-order valence-electron chi connectivity index (χ3n) is 2.73. The molecule has 5 nitrogen and oxygen atoms in total. The number of nitrogens with zero attached hydrogens (tertiary/aromatic N) is 2. The highest BCUT2D eigenvalue weighted by molar-refractivity contribution is 7.98. The molecule has 2 rings (SSSR count). The van der Waals surface area contributed by atoms with Crippen LogP contribution in [0, 0.1) is 5.92 Å². The number of nitrogens with one attached hydrogen (secondary N) is 2. The second-order valence-corrected chi connectivity index (χ2v) is 5.50. The average Bonchev–Trinajstić information content (AvgIpc) is 3.05. The van der Waals surface area contributed by atoms with Gasteiger partial charge in [-0.3, -0.25) is 9.89 Å². The minimum absolute atomic E-state index is 0.180. The SMILES string of the molecule is CSCC(C)CNC(=O)c1n[nH]c(C2CC2)n1. The van der Waals surface area contributed by atoms with Gasteiger partial charge in [-0.25, -0.2) is 4.98 Å². The molecule has 1 saturated carbocycles. The van der Waals surface area contributed by atoms with E-state index in [0.29, 0.717) is 18.4 Å². The van der Waals surface area contributed by atoms with Gasteiger partial charge in [-0.1, -0.05) is 6.92 Å². The molecular weight excluding hydrogens is 236 g/mol. The van der Waals surface area contributed by atoms with Crippen LogP contribution in [0.15, 0.2) is 0 Å². The predicted molar refractivity (Wildman–Crippen MR) is 68.2 cm³/mol. The van der Waals surface area contributed by atoms with E-state index >= 15 is 0 Å². The molecule has 1 unspecified atom stereocenters. The minimum Gasteiger partial charge on any atom is -0.349 e. The lowest BCUT2D eigenvalue weighted by molar-refractivity contribution is 0.0939. The van der Waals surface area contributed by atoms with Gasteiger partial charge in [-0.05, 0) is 30.8 Å². The third kappa shape index (κ3) is 3.46. The lowest BCUT2D eigenvalue weighted by Crippen LogP contribution is -2.29. The molecule has 1 amide bonds. The molecule has 0 saturated heterocycles. The quantitative estimate of drug-likeness (QED) is 0.805. The van der Waals surface area contributed by atoms with Crippen molar-refractivity contribution in [1.29, 1.82) is 0 Å². The molecule has 0 aliphatic heterocycles. The average molecular weight is 254 g/mol. The first-order valence-electron chi connectivity index (χ1n) is 5.90. The number of rotatable bonds is 6. The van der Waals surface area contributed by atoms with Crippen molar-refractivity contribution in [3.63, 3.8) is 0 Å². The van der Waals surface area contributed by atoms with E-state index in [1.807, 2.05) is 0 Å². The highest BCUT2D eigenvalue weighted by atomic mass is 32.2. The molecule has 1 aromatic rings. The summed E-state index contributed by atoms with van der Waals surface area (Å²) < 4.78 is 0. The molecule has 0 aromatic carbocycles.